The Balaban J connectivity index is 1.89. The smallest absolute Gasteiger partial charge is 0.139 e. The lowest BCUT2D eigenvalue weighted by Crippen LogP contribution is -2.11. The number of hydrogen-bond donors (Lipinski definition) is 0. The monoisotopic (exact) mass is 307 g/mol. The van der Waals surface area contributed by atoms with Crippen LogP contribution in [0.15, 0.2) is 97.1 Å². The molecule has 0 fully saturated rings. The summed E-state index contributed by atoms with van der Waals surface area (Å²) in [5.74, 6) is 0. The minimum atomic E-state index is 1.16. The summed E-state index contributed by atoms with van der Waals surface area (Å²) >= 11 is 0. The molecule has 0 spiro atoms. The van der Waals surface area contributed by atoms with E-state index in [1.807, 2.05) is 0 Å². The first-order valence-corrected chi connectivity index (χ1v) is 8.22. The third kappa shape index (κ3) is 2.79. The second-order valence-electron chi connectivity index (χ2n) is 6.04. The first kappa shape index (κ1) is 14.6. The van der Waals surface area contributed by atoms with E-state index in [0.717, 1.165) is 5.69 Å². The molecule has 0 atom stereocenters. The molecule has 24 heavy (non-hydrogen) atoms. The van der Waals surface area contributed by atoms with Crippen LogP contribution >= 0.6 is 0 Å². The van der Waals surface area contributed by atoms with E-state index in [-0.39, 0.29) is 0 Å². The SMILES string of the molecule is Bc1ccc(N(c2ccccc2)c2ccc3ccccc3c2)cc1. The number of rotatable bonds is 3. The fourth-order valence-electron chi connectivity index (χ4n) is 3.03. The van der Waals surface area contributed by atoms with Gasteiger partial charge >= 0.3 is 0 Å². The Morgan fingerprint density at radius 1 is 0.500 bits per heavy atom. The molecule has 114 valence electrons. The second kappa shape index (κ2) is 6.25. The molecule has 0 heterocycles. The van der Waals surface area contributed by atoms with Gasteiger partial charge in [-0.05, 0) is 47.2 Å². The molecule has 0 aliphatic carbocycles. The zero-order chi connectivity index (χ0) is 16.4. The Kier molecular flexibility index (Phi) is 3.80. The number of nitrogens with zero attached hydrogens (tertiary/aromatic N) is 1. The van der Waals surface area contributed by atoms with E-state index in [0.29, 0.717) is 0 Å². The van der Waals surface area contributed by atoms with Gasteiger partial charge in [0.15, 0.2) is 0 Å². The summed E-state index contributed by atoms with van der Waals surface area (Å²) in [6.45, 7) is 0. The van der Waals surface area contributed by atoms with Crippen molar-refractivity contribution in [1.29, 1.82) is 0 Å². The molecule has 0 bridgehead atoms. The molecule has 0 saturated heterocycles. The maximum atomic E-state index is 2.30. The van der Waals surface area contributed by atoms with Gasteiger partial charge in [0.05, 0.1) is 0 Å². The third-order valence-electron chi connectivity index (χ3n) is 4.30. The summed E-state index contributed by atoms with van der Waals surface area (Å²) in [5.41, 5.74) is 4.77. The molecule has 0 N–H and O–H groups in total. The molecule has 0 aromatic heterocycles. The topological polar surface area (TPSA) is 3.24 Å². The van der Waals surface area contributed by atoms with Gasteiger partial charge in [0.25, 0.3) is 0 Å². The predicted octanol–water partition coefficient (Wildman–Crippen LogP) is 4.57. The van der Waals surface area contributed by atoms with Crippen molar-refractivity contribution in [1.82, 2.24) is 0 Å². The van der Waals surface area contributed by atoms with Crippen molar-refractivity contribution in [3.05, 3.63) is 97.1 Å². The fourth-order valence-corrected chi connectivity index (χ4v) is 3.03. The fraction of sp³-hybridized carbons (Fsp3) is 0. The Hall–Kier alpha value is -3.00. The lowest BCUT2D eigenvalue weighted by atomic mass is 9.96. The molecular weight excluding hydrogens is 289 g/mol. The van der Waals surface area contributed by atoms with Crippen LogP contribution in [0.1, 0.15) is 0 Å². The quantitative estimate of drug-likeness (QED) is 0.501. The van der Waals surface area contributed by atoms with Gasteiger partial charge in [-0.3, -0.25) is 0 Å². The standard InChI is InChI=1S/C22H18BN/c23-19-11-14-21(15-12-19)24(20-8-2-1-3-9-20)22-13-10-17-6-4-5-7-18(17)16-22/h1-16H,23H2. The molecular formula is C22H18BN. The van der Waals surface area contributed by atoms with E-state index in [2.05, 4.69) is 110 Å². The van der Waals surface area contributed by atoms with Gasteiger partial charge in [0.1, 0.15) is 7.85 Å². The lowest BCUT2D eigenvalue weighted by Gasteiger charge is -2.26. The van der Waals surface area contributed by atoms with Crippen LogP contribution in [0.4, 0.5) is 17.1 Å². The molecule has 0 saturated carbocycles. The zero-order valence-electron chi connectivity index (χ0n) is 13.7. The molecule has 0 aliphatic rings. The van der Waals surface area contributed by atoms with Gasteiger partial charge in [0.2, 0.25) is 0 Å². The van der Waals surface area contributed by atoms with E-state index < -0.39 is 0 Å². The highest BCUT2D eigenvalue weighted by Crippen LogP contribution is 2.35. The van der Waals surface area contributed by atoms with Gasteiger partial charge in [-0.25, -0.2) is 0 Å². The minimum absolute atomic E-state index is 1.16. The largest absolute Gasteiger partial charge is 0.310 e. The van der Waals surface area contributed by atoms with Crippen molar-refractivity contribution in [2.24, 2.45) is 0 Å². The average molecular weight is 307 g/mol. The van der Waals surface area contributed by atoms with E-state index in [4.69, 9.17) is 0 Å². The molecule has 4 rings (SSSR count). The molecule has 0 unspecified atom stereocenters. The number of hydrogen-bond acceptors (Lipinski definition) is 1. The van der Waals surface area contributed by atoms with Crippen molar-refractivity contribution in [3.8, 4) is 0 Å². The van der Waals surface area contributed by atoms with Gasteiger partial charge in [-0.15, -0.1) is 0 Å². The highest BCUT2D eigenvalue weighted by molar-refractivity contribution is 6.32. The van der Waals surface area contributed by atoms with Crippen LogP contribution in [-0.4, -0.2) is 7.85 Å². The summed E-state index contributed by atoms with van der Waals surface area (Å²) in [5, 5.41) is 2.52. The number of para-hydroxylation sites is 1. The number of fused-ring (bicyclic) bond motifs is 1. The van der Waals surface area contributed by atoms with Crippen molar-refractivity contribution >= 4 is 41.1 Å². The van der Waals surface area contributed by atoms with E-state index >= 15 is 0 Å². The molecule has 2 heteroatoms. The van der Waals surface area contributed by atoms with Crippen LogP contribution in [0.5, 0.6) is 0 Å². The zero-order valence-corrected chi connectivity index (χ0v) is 13.7. The van der Waals surface area contributed by atoms with Crippen LogP contribution in [0.3, 0.4) is 0 Å². The van der Waals surface area contributed by atoms with E-state index in [1.54, 1.807) is 0 Å². The first-order valence-electron chi connectivity index (χ1n) is 8.22. The molecule has 4 aromatic carbocycles. The highest BCUT2D eigenvalue weighted by Gasteiger charge is 2.12. The summed E-state index contributed by atoms with van der Waals surface area (Å²) in [6, 6.07) is 34.3. The molecule has 0 radical (unpaired) electrons. The maximum absolute atomic E-state index is 2.30. The van der Waals surface area contributed by atoms with Crippen LogP contribution < -0.4 is 10.4 Å². The Labute approximate surface area is 143 Å². The Morgan fingerprint density at radius 2 is 1.08 bits per heavy atom. The van der Waals surface area contributed by atoms with Crippen molar-refractivity contribution < 1.29 is 0 Å². The molecule has 0 aliphatic heterocycles. The lowest BCUT2D eigenvalue weighted by molar-refractivity contribution is 1.29. The number of benzene rings is 4. The van der Waals surface area contributed by atoms with E-state index in [1.165, 1.54) is 27.6 Å². The summed E-state index contributed by atoms with van der Waals surface area (Å²) in [6.07, 6.45) is 0. The van der Waals surface area contributed by atoms with Crippen LogP contribution in [0.25, 0.3) is 10.8 Å². The first-order chi connectivity index (χ1) is 11.8. The summed E-state index contributed by atoms with van der Waals surface area (Å²) in [4.78, 5) is 2.30. The van der Waals surface area contributed by atoms with E-state index in [9.17, 15) is 0 Å². The third-order valence-corrected chi connectivity index (χ3v) is 4.30. The minimum Gasteiger partial charge on any atom is -0.310 e. The summed E-state index contributed by atoms with van der Waals surface area (Å²) < 4.78 is 0. The highest BCUT2D eigenvalue weighted by atomic mass is 15.1. The van der Waals surface area contributed by atoms with Gasteiger partial charge in [-0.2, -0.15) is 0 Å². The van der Waals surface area contributed by atoms with Crippen molar-refractivity contribution in [3.63, 3.8) is 0 Å². The molecule has 1 nitrogen and oxygen atoms in total. The van der Waals surface area contributed by atoms with Crippen molar-refractivity contribution in [2.45, 2.75) is 0 Å². The predicted molar refractivity (Wildman–Crippen MR) is 107 cm³/mol. The van der Waals surface area contributed by atoms with Gasteiger partial charge < -0.3 is 4.90 Å². The van der Waals surface area contributed by atoms with Crippen molar-refractivity contribution in [2.75, 3.05) is 4.90 Å². The Morgan fingerprint density at radius 3 is 1.83 bits per heavy atom. The van der Waals surface area contributed by atoms with Crippen LogP contribution in [-0.2, 0) is 0 Å². The maximum Gasteiger partial charge on any atom is 0.139 e. The average Bonchev–Trinajstić information content (AvgIpc) is 2.64. The normalized spacial score (nSPS) is 10.7. The van der Waals surface area contributed by atoms with Crippen LogP contribution in [0.2, 0.25) is 0 Å². The molecule has 0 amide bonds. The number of anilines is 3. The Bertz CT molecular complexity index is 962. The molecule has 4 aromatic rings. The van der Waals surface area contributed by atoms with Gasteiger partial charge in [-0.1, -0.05) is 66.1 Å². The van der Waals surface area contributed by atoms with Crippen LogP contribution in [0, 0.1) is 0 Å². The summed E-state index contributed by atoms with van der Waals surface area (Å²) in [7, 11) is 2.12. The van der Waals surface area contributed by atoms with Gasteiger partial charge in [0, 0.05) is 17.1 Å². The second-order valence-corrected chi connectivity index (χ2v) is 6.04.